The number of primary amides is 1. The fourth-order valence-corrected chi connectivity index (χ4v) is 0.695. The Bertz CT molecular complexity index is 364. The Balaban J connectivity index is 0.000000184. The summed E-state index contributed by atoms with van der Waals surface area (Å²) in [6, 6.07) is 1.83. The second-order valence-electron chi connectivity index (χ2n) is 2.01. The lowest BCUT2D eigenvalue weighted by molar-refractivity contribution is 0.205. The maximum atomic E-state index is 8.78. The highest BCUT2D eigenvalue weighted by molar-refractivity contribution is 5.67. The molecule has 1 amide bonds. The van der Waals surface area contributed by atoms with Crippen molar-refractivity contribution in [3.8, 4) is 0 Å². The van der Waals surface area contributed by atoms with Crippen LogP contribution in [0.5, 0.6) is 0 Å². The summed E-state index contributed by atoms with van der Waals surface area (Å²) in [5, 5.41) is 14.6. The maximum Gasteiger partial charge on any atom is 0.402 e. The van der Waals surface area contributed by atoms with Gasteiger partial charge in [0.05, 0.1) is 18.0 Å². The van der Waals surface area contributed by atoms with Gasteiger partial charge >= 0.3 is 6.09 Å². The zero-order valence-electron chi connectivity index (χ0n) is 6.51. The first-order valence-corrected chi connectivity index (χ1v) is 3.29. The zero-order valence-corrected chi connectivity index (χ0v) is 6.51. The number of fused-ring (bicyclic) bond motifs is 1. The molecule has 0 atom stereocenters. The molecule has 0 spiro atoms. The summed E-state index contributed by atoms with van der Waals surface area (Å²) in [5.41, 5.74) is 5.61. The van der Waals surface area contributed by atoms with E-state index in [0.717, 1.165) is 5.52 Å². The molecule has 0 unspecified atom stereocenters. The van der Waals surface area contributed by atoms with Crippen LogP contribution in [0.3, 0.4) is 0 Å². The lowest BCUT2D eigenvalue weighted by Crippen LogP contribution is -2.03. The van der Waals surface area contributed by atoms with Gasteiger partial charge in [0.15, 0.2) is 5.65 Å². The molecule has 0 aliphatic rings. The van der Waals surface area contributed by atoms with Crippen LogP contribution in [0.1, 0.15) is 0 Å². The highest BCUT2D eigenvalue weighted by atomic mass is 16.4. The lowest BCUT2D eigenvalue weighted by Gasteiger charge is -1.79. The fourth-order valence-electron chi connectivity index (χ4n) is 0.695. The van der Waals surface area contributed by atoms with E-state index < -0.39 is 6.09 Å². The normalized spacial score (nSPS) is 8.92. The third-order valence-electron chi connectivity index (χ3n) is 1.11. The van der Waals surface area contributed by atoms with Crippen molar-refractivity contribution in [3.63, 3.8) is 0 Å². The number of nitrogens with two attached hydrogens (primary N) is 1. The number of rotatable bonds is 0. The smallest absolute Gasteiger partial charge is 0.402 e. The van der Waals surface area contributed by atoms with Crippen LogP contribution in [-0.2, 0) is 0 Å². The molecule has 7 heteroatoms. The van der Waals surface area contributed by atoms with Crippen molar-refractivity contribution < 1.29 is 9.90 Å². The topological polar surface area (TPSA) is 118 Å². The number of aromatic amines is 1. The molecule has 2 aromatic heterocycles. The predicted molar refractivity (Wildman–Crippen MR) is 43.9 cm³/mol. The molecule has 0 aromatic carbocycles. The average Bonchev–Trinajstić information content (AvgIpc) is 2.49. The zero-order chi connectivity index (χ0) is 9.68. The Morgan fingerprint density at radius 1 is 1.62 bits per heavy atom. The standard InChI is InChI=1S/C5H4N4.CH3NO2/c1-2-8-9-5-4(1)6-3-7-5;2-1(3)4/h1-3H,(H,6,7,9);2H2,(H,3,4). The average molecular weight is 181 g/mol. The van der Waals surface area contributed by atoms with Gasteiger partial charge in [0.2, 0.25) is 0 Å². The fraction of sp³-hybridized carbons (Fsp3) is 0. The summed E-state index contributed by atoms with van der Waals surface area (Å²) in [6.07, 6.45) is 1.89. The van der Waals surface area contributed by atoms with Crippen LogP contribution in [0.15, 0.2) is 18.6 Å². The molecule has 0 aliphatic carbocycles. The van der Waals surface area contributed by atoms with Crippen LogP contribution in [0, 0.1) is 0 Å². The molecule has 4 N–H and O–H groups in total. The highest BCUT2D eigenvalue weighted by Gasteiger charge is 1.91. The third kappa shape index (κ3) is 2.73. The van der Waals surface area contributed by atoms with Crippen molar-refractivity contribution in [2.75, 3.05) is 0 Å². The van der Waals surface area contributed by atoms with Gasteiger partial charge in [0.1, 0.15) is 0 Å². The van der Waals surface area contributed by atoms with E-state index in [-0.39, 0.29) is 0 Å². The quantitative estimate of drug-likeness (QED) is 0.527. The number of aromatic nitrogens is 4. The first-order chi connectivity index (χ1) is 6.20. The van der Waals surface area contributed by atoms with E-state index >= 15 is 0 Å². The van der Waals surface area contributed by atoms with Gasteiger partial charge in [0, 0.05) is 0 Å². The minimum atomic E-state index is -1.33. The van der Waals surface area contributed by atoms with E-state index in [2.05, 4.69) is 25.9 Å². The van der Waals surface area contributed by atoms with Crippen molar-refractivity contribution >= 4 is 17.3 Å². The number of hydrogen-bond donors (Lipinski definition) is 3. The number of hydrogen-bond acceptors (Lipinski definition) is 4. The summed E-state index contributed by atoms with van der Waals surface area (Å²) in [5.74, 6) is 0. The molecule has 68 valence electrons. The van der Waals surface area contributed by atoms with Crippen molar-refractivity contribution in [3.05, 3.63) is 18.6 Å². The molecule has 2 rings (SSSR count). The molecule has 0 saturated heterocycles. The Morgan fingerprint density at radius 3 is 2.92 bits per heavy atom. The summed E-state index contributed by atoms with van der Waals surface area (Å²) >= 11 is 0. The number of nitrogens with one attached hydrogen (secondary N) is 1. The minimum absolute atomic E-state index is 0.664. The van der Waals surface area contributed by atoms with Gasteiger partial charge in [-0.2, -0.15) is 5.10 Å². The van der Waals surface area contributed by atoms with Gasteiger partial charge in [0.25, 0.3) is 0 Å². The van der Waals surface area contributed by atoms with Gasteiger partial charge in [-0.25, -0.2) is 9.78 Å². The molecule has 0 bridgehead atoms. The van der Waals surface area contributed by atoms with Gasteiger partial charge in [-0.05, 0) is 6.07 Å². The molecule has 2 aromatic rings. The number of H-pyrrole nitrogens is 1. The molecular weight excluding hydrogens is 174 g/mol. The second-order valence-corrected chi connectivity index (χ2v) is 2.01. The first kappa shape index (κ1) is 8.91. The van der Waals surface area contributed by atoms with Gasteiger partial charge in [-0.3, -0.25) is 0 Å². The summed E-state index contributed by atoms with van der Waals surface area (Å²) in [6.45, 7) is 0. The predicted octanol–water partition coefficient (Wildman–Crippen LogP) is -0.0240. The van der Waals surface area contributed by atoms with E-state index in [0.29, 0.717) is 5.65 Å². The summed E-state index contributed by atoms with van der Waals surface area (Å²) < 4.78 is 0. The van der Waals surface area contributed by atoms with E-state index in [1.54, 1.807) is 12.5 Å². The van der Waals surface area contributed by atoms with E-state index in [9.17, 15) is 0 Å². The van der Waals surface area contributed by atoms with Crippen LogP contribution in [0.2, 0.25) is 0 Å². The highest BCUT2D eigenvalue weighted by Crippen LogP contribution is 1.99. The summed E-state index contributed by atoms with van der Waals surface area (Å²) in [4.78, 5) is 15.6. The Kier molecular flexibility index (Phi) is 2.74. The van der Waals surface area contributed by atoms with Crippen molar-refractivity contribution in [1.82, 2.24) is 20.2 Å². The monoisotopic (exact) mass is 181 g/mol. The van der Waals surface area contributed by atoms with Gasteiger partial charge in [-0.15, -0.1) is 5.10 Å². The maximum absolute atomic E-state index is 8.78. The molecule has 0 saturated carbocycles. The van der Waals surface area contributed by atoms with E-state index in [4.69, 9.17) is 9.90 Å². The Hall–Kier alpha value is -2.18. The molecule has 0 fully saturated rings. The van der Waals surface area contributed by atoms with Crippen LogP contribution in [0.4, 0.5) is 4.79 Å². The molecule has 0 radical (unpaired) electrons. The lowest BCUT2D eigenvalue weighted by atomic mass is 10.5. The first-order valence-electron chi connectivity index (χ1n) is 3.29. The van der Waals surface area contributed by atoms with Crippen molar-refractivity contribution in [1.29, 1.82) is 0 Å². The van der Waals surface area contributed by atoms with Crippen molar-refractivity contribution in [2.45, 2.75) is 0 Å². The molecule has 7 nitrogen and oxygen atoms in total. The SMILES string of the molecule is NC(=O)O.c1cc2[nH]cnc2nn1. The second kappa shape index (κ2) is 4.00. The third-order valence-corrected chi connectivity index (χ3v) is 1.11. The molecule has 2 heterocycles. The van der Waals surface area contributed by atoms with Crippen LogP contribution in [0.25, 0.3) is 11.2 Å². The van der Waals surface area contributed by atoms with E-state index in [1.807, 2.05) is 6.07 Å². The number of carbonyl (C=O) groups is 1. The van der Waals surface area contributed by atoms with Gasteiger partial charge in [-0.1, -0.05) is 0 Å². The van der Waals surface area contributed by atoms with Crippen molar-refractivity contribution in [2.24, 2.45) is 5.73 Å². The van der Waals surface area contributed by atoms with Gasteiger partial charge < -0.3 is 15.8 Å². The molecule has 13 heavy (non-hydrogen) atoms. The molecular formula is C6H7N5O2. The molecule has 0 aliphatic heterocycles. The Labute approximate surface area is 72.6 Å². The number of amides is 1. The number of carboxylic acid groups (broad SMARTS) is 1. The minimum Gasteiger partial charge on any atom is -0.465 e. The summed E-state index contributed by atoms with van der Waals surface area (Å²) in [7, 11) is 0. The largest absolute Gasteiger partial charge is 0.465 e. The van der Waals surface area contributed by atoms with E-state index in [1.165, 1.54) is 0 Å². The Morgan fingerprint density at radius 2 is 2.31 bits per heavy atom. The number of nitrogens with zero attached hydrogens (tertiary/aromatic N) is 3. The number of imidazole rings is 1. The van der Waals surface area contributed by atoms with Crippen LogP contribution < -0.4 is 5.73 Å². The van der Waals surface area contributed by atoms with Crippen LogP contribution >= 0.6 is 0 Å². The van der Waals surface area contributed by atoms with Crippen LogP contribution in [-0.4, -0.2) is 31.4 Å².